The van der Waals surface area contributed by atoms with Gasteiger partial charge < -0.3 is 14.8 Å². The summed E-state index contributed by atoms with van der Waals surface area (Å²) >= 11 is 3.06. The van der Waals surface area contributed by atoms with Crippen LogP contribution in [0.4, 0.5) is 0 Å². The molecule has 1 amide bonds. The van der Waals surface area contributed by atoms with Crippen molar-refractivity contribution >= 4 is 38.8 Å². The van der Waals surface area contributed by atoms with Crippen LogP contribution in [0.1, 0.15) is 22.2 Å². The van der Waals surface area contributed by atoms with Gasteiger partial charge in [0.1, 0.15) is 17.6 Å². The van der Waals surface area contributed by atoms with E-state index in [2.05, 4.69) is 10.3 Å². The zero-order valence-corrected chi connectivity index (χ0v) is 14.6. The molecule has 126 valence electrons. The van der Waals surface area contributed by atoms with Crippen LogP contribution in [-0.2, 0) is 0 Å². The minimum Gasteiger partial charge on any atom is -0.457 e. The van der Waals surface area contributed by atoms with Crippen LogP contribution in [0, 0.1) is 0 Å². The Kier molecular flexibility index (Phi) is 4.35. The lowest BCUT2D eigenvalue weighted by Crippen LogP contribution is -2.28. The van der Waals surface area contributed by atoms with E-state index in [0.29, 0.717) is 17.1 Å². The fourth-order valence-corrected chi connectivity index (χ4v) is 3.87. The summed E-state index contributed by atoms with van der Waals surface area (Å²) in [5.74, 6) is 0.909. The van der Waals surface area contributed by atoms with Gasteiger partial charge in [-0.3, -0.25) is 4.79 Å². The molecule has 0 aliphatic heterocycles. The van der Waals surface area contributed by atoms with E-state index >= 15 is 0 Å². The predicted molar refractivity (Wildman–Crippen MR) is 98.9 cm³/mol. The van der Waals surface area contributed by atoms with Crippen LogP contribution >= 0.6 is 22.7 Å². The average Bonchev–Trinajstić information content (AvgIpc) is 3.38. The minimum atomic E-state index is -0.898. The molecule has 0 bridgehead atoms. The quantitative estimate of drug-likeness (QED) is 0.555. The average molecular weight is 370 g/mol. The fraction of sp³-hybridized carbons (Fsp3) is 0.111. The normalized spacial score (nSPS) is 12.4. The van der Waals surface area contributed by atoms with Crippen LogP contribution in [0.2, 0.25) is 0 Å². The number of hydrogen-bond donors (Lipinski definition) is 2. The van der Waals surface area contributed by atoms with Gasteiger partial charge in [-0.25, -0.2) is 4.98 Å². The minimum absolute atomic E-state index is 0.0803. The van der Waals surface area contributed by atoms with Crippen molar-refractivity contribution in [3.05, 3.63) is 64.7 Å². The molecule has 0 aliphatic carbocycles. The summed E-state index contributed by atoms with van der Waals surface area (Å²) in [5.41, 5.74) is 3.17. The van der Waals surface area contributed by atoms with Gasteiger partial charge in [0.15, 0.2) is 0 Å². The van der Waals surface area contributed by atoms with Crippen molar-refractivity contribution in [2.24, 2.45) is 0 Å². The summed E-state index contributed by atoms with van der Waals surface area (Å²) in [5, 5.41) is 15.0. The number of fused-ring (bicyclic) bond motifs is 1. The summed E-state index contributed by atoms with van der Waals surface area (Å²) in [6.45, 7) is 0.0803. The smallest absolute Gasteiger partial charge is 0.251 e. The summed E-state index contributed by atoms with van der Waals surface area (Å²) in [6, 6.07) is 12.8. The van der Waals surface area contributed by atoms with Gasteiger partial charge in [0.25, 0.3) is 5.91 Å². The number of thiazole rings is 1. The second-order valence-electron chi connectivity index (χ2n) is 5.44. The first-order chi connectivity index (χ1) is 12.2. The first kappa shape index (κ1) is 16.0. The van der Waals surface area contributed by atoms with Crippen molar-refractivity contribution < 1.29 is 14.3 Å². The predicted octanol–water partition coefficient (Wildman–Crippen LogP) is 4.08. The summed E-state index contributed by atoms with van der Waals surface area (Å²) in [6.07, 6.45) is -0.898. The lowest BCUT2D eigenvalue weighted by atomic mass is 10.2. The lowest BCUT2D eigenvalue weighted by molar-refractivity contribution is 0.0902. The van der Waals surface area contributed by atoms with E-state index in [1.165, 1.54) is 11.3 Å². The van der Waals surface area contributed by atoms with Crippen LogP contribution in [0.3, 0.4) is 0 Å². The maximum atomic E-state index is 12.3. The molecule has 7 heteroatoms. The molecule has 3 aromatic heterocycles. The van der Waals surface area contributed by atoms with Gasteiger partial charge in [0.2, 0.25) is 0 Å². The number of aliphatic hydroxyl groups is 1. The molecule has 0 aliphatic rings. The van der Waals surface area contributed by atoms with E-state index in [4.69, 9.17) is 4.42 Å². The first-order valence-corrected chi connectivity index (χ1v) is 9.40. The van der Waals surface area contributed by atoms with E-state index in [1.54, 1.807) is 35.0 Å². The summed E-state index contributed by atoms with van der Waals surface area (Å²) < 4.78 is 6.64. The Morgan fingerprint density at radius 2 is 2.16 bits per heavy atom. The standard InChI is InChI=1S/C18H14N2O3S2/c21-13(14-5-6-15(23-14)16-2-1-7-24-16)9-19-18(22)11-3-4-12-17(8-11)25-10-20-12/h1-8,10,13,21H,9H2,(H,19,22). The maximum absolute atomic E-state index is 12.3. The number of aromatic nitrogens is 1. The zero-order valence-electron chi connectivity index (χ0n) is 13.0. The molecule has 3 heterocycles. The van der Waals surface area contributed by atoms with Gasteiger partial charge in [0.05, 0.1) is 27.1 Å². The molecular weight excluding hydrogens is 356 g/mol. The Bertz CT molecular complexity index is 1000. The Hall–Kier alpha value is -2.48. The molecule has 5 nitrogen and oxygen atoms in total. The number of thiophene rings is 1. The first-order valence-electron chi connectivity index (χ1n) is 7.64. The largest absolute Gasteiger partial charge is 0.457 e. The molecular formula is C18H14N2O3S2. The van der Waals surface area contributed by atoms with Gasteiger partial charge in [-0.15, -0.1) is 22.7 Å². The summed E-state index contributed by atoms with van der Waals surface area (Å²) in [7, 11) is 0. The van der Waals surface area contributed by atoms with Gasteiger partial charge in [0, 0.05) is 5.56 Å². The third-order valence-electron chi connectivity index (χ3n) is 3.77. The number of hydrogen-bond acceptors (Lipinski definition) is 6. The Labute approximate surface area is 151 Å². The number of aliphatic hydroxyl groups excluding tert-OH is 1. The van der Waals surface area contributed by atoms with Crippen molar-refractivity contribution in [2.45, 2.75) is 6.10 Å². The number of furan rings is 1. The van der Waals surface area contributed by atoms with Gasteiger partial charge >= 0.3 is 0 Å². The molecule has 0 saturated carbocycles. The molecule has 25 heavy (non-hydrogen) atoms. The molecule has 4 rings (SSSR count). The van der Waals surface area contributed by atoms with Crippen LogP contribution in [0.5, 0.6) is 0 Å². The van der Waals surface area contributed by atoms with Crippen LogP contribution < -0.4 is 5.32 Å². The van der Waals surface area contributed by atoms with Gasteiger partial charge in [-0.2, -0.15) is 0 Å². The number of nitrogens with one attached hydrogen (secondary N) is 1. The third-order valence-corrected chi connectivity index (χ3v) is 5.44. The number of rotatable bonds is 5. The van der Waals surface area contributed by atoms with Crippen LogP contribution in [0.25, 0.3) is 20.9 Å². The van der Waals surface area contributed by atoms with Crippen LogP contribution in [0.15, 0.2) is 57.8 Å². The van der Waals surface area contributed by atoms with E-state index in [1.807, 2.05) is 29.6 Å². The SMILES string of the molecule is O=C(NCC(O)c1ccc(-c2cccs2)o1)c1ccc2ncsc2c1. The highest BCUT2D eigenvalue weighted by Gasteiger charge is 2.16. The third kappa shape index (κ3) is 3.34. The van der Waals surface area contributed by atoms with Gasteiger partial charge in [-0.05, 0) is 41.8 Å². The molecule has 0 spiro atoms. The van der Waals surface area contributed by atoms with Crippen molar-refractivity contribution in [3.63, 3.8) is 0 Å². The van der Waals surface area contributed by atoms with Crippen LogP contribution in [-0.4, -0.2) is 22.5 Å². The molecule has 0 radical (unpaired) electrons. The molecule has 0 fully saturated rings. The Balaban J connectivity index is 1.41. The zero-order chi connectivity index (χ0) is 17.2. The molecule has 1 aromatic carbocycles. The van der Waals surface area contributed by atoms with Crippen molar-refractivity contribution in [1.82, 2.24) is 10.3 Å². The number of benzene rings is 1. The van der Waals surface area contributed by atoms with E-state index in [-0.39, 0.29) is 12.5 Å². The highest BCUT2D eigenvalue weighted by atomic mass is 32.1. The van der Waals surface area contributed by atoms with E-state index in [0.717, 1.165) is 15.1 Å². The second-order valence-corrected chi connectivity index (χ2v) is 7.27. The molecule has 4 aromatic rings. The molecule has 2 N–H and O–H groups in total. The second kappa shape index (κ2) is 6.79. The monoisotopic (exact) mass is 370 g/mol. The number of nitrogens with zero attached hydrogens (tertiary/aromatic N) is 1. The molecule has 0 saturated heterocycles. The Morgan fingerprint density at radius 3 is 3.00 bits per heavy atom. The van der Waals surface area contributed by atoms with E-state index < -0.39 is 6.10 Å². The Morgan fingerprint density at radius 1 is 1.24 bits per heavy atom. The maximum Gasteiger partial charge on any atom is 0.251 e. The number of amides is 1. The summed E-state index contributed by atoms with van der Waals surface area (Å²) in [4.78, 5) is 17.5. The number of carbonyl (C=O) groups is 1. The highest BCUT2D eigenvalue weighted by molar-refractivity contribution is 7.16. The fourth-order valence-electron chi connectivity index (χ4n) is 2.47. The topological polar surface area (TPSA) is 75.4 Å². The number of carbonyl (C=O) groups excluding carboxylic acids is 1. The molecule has 1 atom stereocenters. The molecule has 1 unspecified atom stereocenters. The highest BCUT2D eigenvalue weighted by Crippen LogP contribution is 2.28. The lowest BCUT2D eigenvalue weighted by Gasteiger charge is -2.09. The van der Waals surface area contributed by atoms with Crippen molar-refractivity contribution in [2.75, 3.05) is 6.54 Å². The van der Waals surface area contributed by atoms with E-state index in [9.17, 15) is 9.90 Å². The van der Waals surface area contributed by atoms with Gasteiger partial charge in [-0.1, -0.05) is 6.07 Å². The van der Waals surface area contributed by atoms with Crippen molar-refractivity contribution in [1.29, 1.82) is 0 Å². The van der Waals surface area contributed by atoms with Crippen molar-refractivity contribution in [3.8, 4) is 10.6 Å².